The molecule has 3 heteroatoms. The lowest BCUT2D eigenvalue weighted by molar-refractivity contribution is 1.13. The minimum absolute atomic E-state index is 1.02. The molecule has 3 rings (SSSR count). The summed E-state index contributed by atoms with van der Waals surface area (Å²) >= 11 is 0. The van der Waals surface area contributed by atoms with E-state index in [-0.39, 0.29) is 0 Å². The van der Waals surface area contributed by atoms with Gasteiger partial charge in [0.25, 0.3) is 0 Å². The fourth-order valence-corrected chi connectivity index (χ4v) is 6.93. The number of allylic oxidation sites excluding steroid dienone is 1. The number of fused-ring (bicyclic) bond motifs is 2. The molecule has 0 spiro atoms. The summed E-state index contributed by atoms with van der Waals surface area (Å²) in [6.07, 6.45) is 2.06. The molecule has 0 saturated carbocycles. The second kappa shape index (κ2) is 5.25. The Hall–Kier alpha value is -2.13. The average Bonchev–Trinajstić information content (AvgIpc) is 2.48. The van der Waals surface area contributed by atoms with E-state index in [4.69, 9.17) is 4.99 Å². The number of hydrogen-bond donors (Lipinski definition) is 0. The van der Waals surface area contributed by atoms with Crippen molar-refractivity contribution in [2.24, 2.45) is 4.99 Å². The standard InChI is InChI=1S/C19H22N2Si/c1-6-11-22(5)18-12-14(2)7-9-16(18)20-17-10-8-15(21(3)4)13-19(17)22/h6-10,12-13H,1-2,11H2,3-5H3. The third-order valence-corrected chi connectivity index (χ3v) is 8.82. The first kappa shape index (κ1) is 14.8. The highest BCUT2D eigenvalue weighted by atomic mass is 28.3. The van der Waals surface area contributed by atoms with Crippen molar-refractivity contribution in [3.05, 3.63) is 59.6 Å². The van der Waals surface area contributed by atoms with Gasteiger partial charge < -0.3 is 4.90 Å². The molecule has 112 valence electrons. The zero-order chi connectivity index (χ0) is 15.9. The zero-order valence-corrected chi connectivity index (χ0v) is 14.6. The van der Waals surface area contributed by atoms with Crippen molar-refractivity contribution >= 4 is 36.4 Å². The van der Waals surface area contributed by atoms with Gasteiger partial charge in [0.1, 0.15) is 8.07 Å². The maximum atomic E-state index is 4.88. The van der Waals surface area contributed by atoms with Gasteiger partial charge in [-0.25, -0.2) is 4.99 Å². The van der Waals surface area contributed by atoms with Crippen LogP contribution in [-0.4, -0.2) is 22.2 Å². The highest BCUT2D eigenvalue weighted by Crippen LogP contribution is 2.24. The molecular weight excluding hydrogens is 284 g/mol. The maximum Gasteiger partial charge on any atom is 0.124 e. The van der Waals surface area contributed by atoms with Crippen LogP contribution in [0.5, 0.6) is 0 Å². The van der Waals surface area contributed by atoms with Gasteiger partial charge in [0, 0.05) is 19.8 Å². The molecule has 0 bridgehead atoms. The van der Waals surface area contributed by atoms with E-state index in [1.807, 2.05) is 6.07 Å². The molecule has 22 heavy (non-hydrogen) atoms. The summed E-state index contributed by atoms with van der Waals surface area (Å²) < 4.78 is 0. The molecule has 1 unspecified atom stereocenters. The fourth-order valence-electron chi connectivity index (χ4n) is 3.25. The van der Waals surface area contributed by atoms with Crippen molar-refractivity contribution in [1.82, 2.24) is 0 Å². The first-order valence-electron chi connectivity index (χ1n) is 7.56. The SMILES string of the molecule is C=CC[Si]1(C)c2cc(N(C)C)ccc2N=c2ccc(=C)cc21. The highest BCUT2D eigenvalue weighted by Gasteiger charge is 2.36. The Morgan fingerprint density at radius 1 is 1.14 bits per heavy atom. The molecule has 1 heterocycles. The zero-order valence-electron chi connectivity index (χ0n) is 13.6. The minimum Gasteiger partial charge on any atom is -0.378 e. The Balaban J connectivity index is 2.36. The van der Waals surface area contributed by atoms with Crippen LogP contribution < -0.4 is 25.8 Å². The predicted octanol–water partition coefficient (Wildman–Crippen LogP) is 1.81. The normalized spacial score (nSPS) is 18.9. The van der Waals surface area contributed by atoms with Crippen LogP contribution in [0.2, 0.25) is 12.6 Å². The first-order valence-corrected chi connectivity index (χ1v) is 10.3. The second-order valence-corrected chi connectivity index (χ2v) is 10.5. The molecule has 0 N–H and O–H groups in total. The van der Waals surface area contributed by atoms with E-state index in [1.165, 1.54) is 16.1 Å². The van der Waals surface area contributed by atoms with Crippen LogP contribution in [-0.2, 0) is 0 Å². The van der Waals surface area contributed by atoms with Gasteiger partial charge in [-0.15, -0.1) is 6.58 Å². The molecule has 0 aliphatic carbocycles. The van der Waals surface area contributed by atoms with E-state index >= 15 is 0 Å². The van der Waals surface area contributed by atoms with Gasteiger partial charge in [0.05, 0.1) is 11.0 Å². The average molecular weight is 306 g/mol. The number of rotatable bonds is 3. The summed E-state index contributed by atoms with van der Waals surface area (Å²) in [7, 11) is 2.29. The van der Waals surface area contributed by atoms with Crippen LogP contribution in [0.1, 0.15) is 0 Å². The molecule has 1 aliphatic rings. The second-order valence-electron chi connectivity index (χ2n) is 6.38. The third kappa shape index (κ3) is 2.22. The molecule has 2 aromatic rings. The quantitative estimate of drug-likeness (QED) is 0.624. The van der Waals surface area contributed by atoms with Crippen molar-refractivity contribution in [3.63, 3.8) is 0 Å². The van der Waals surface area contributed by atoms with Gasteiger partial charge in [-0.1, -0.05) is 31.3 Å². The summed E-state index contributed by atoms with van der Waals surface area (Å²) in [6, 6.07) is 14.0. The number of anilines is 1. The summed E-state index contributed by atoms with van der Waals surface area (Å²) in [6.45, 7) is 10.5. The monoisotopic (exact) mass is 306 g/mol. The van der Waals surface area contributed by atoms with Gasteiger partial charge >= 0.3 is 0 Å². The predicted molar refractivity (Wildman–Crippen MR) is 99.1 cm³/mol. The van der Waals surface area contributed by atoms with Crippen LogP contribution in [0.25, 0.3) is 6.58 Å². The first-order chi connectivity index (χ1) is 10.5. The molecule has 1 atom stereocenters. The van der Waals surface area contributed by atoms with E-state index in [0.717, 1.165) is 22.3 Å². The summed E-state index contributed by atoms with van der Waals surface area (Å²) in [5, 5.41) is 4.94. The van der Waals surface area contributed by atoms with Gasteiger partial charge in [-0.05, 0) is 45.9 Å². The molecule has 0 radical (unpaired) electrons. The van der Waals surface area contributed by atoms with Crippen molar-refractivity contribution in [1.29, 1.82) is 0 Å². The Labute approximate surface area is 133 Å². The number of nitrogens with zero attached hydrogens (tertiary/aromatic N) is 2. The minimum atomic E-state index is -1.87. The number of benzene rings is 2. The molecule has 0 amide bonds. The van der Waals surface area contributed by atoms with Crippen molar-refractivity contribution in [2.75, 3.05) is 19.0 Å². The Morgan fingerprint density at radius 2 is 1.91 bits per heavy atom. The van der Waals surface area contributed by atoms with Crippen LogP contribution in [0.4, 0.5) is 11.4 Å². The summed E-state index contributed by atoms with van der Waals surface area (Å²) in [5.41, 5.74) is 2.34. The Bertz CT molecular complexity index is 854. The largest absolute Gasteiger partial charge is 0.378 e. The van der Waals surface area contributed by atoms with Crippen LogP contribution in [0.3, 0.4) is 0 Å². The molecule has 0 aromatic heterocycles. The van der Waals surface area contributed by atoms with Crippen LogP contribution in [0.15, 0.2) is 54.0 Å². The van der Waals surface area contributed by atoms with Gasteiger partial charge in [0.15, 0.2) is 0 Å². The molecule has 2 nitrogen and oxygen atoms in total. The van der Waals surface area contributed by atoms with Crippen LogP contribution >= 0.6 is 0 Å². The van der Waals surface area contributed by atoms with E-state index in [9.17, 15) is 0 Å². The van der Waals surface area contributed by atoms with E-state index < -0.39 is 8.07 Å². The molecule has 2 aromatic carbocycles. The maximum absolute atomic E-state index is 4.88. The summed E-state index contributed by atoms with van der Waals surface area (Å²) in [4.78, 5) is 7.03. The van der Waals surface area contributed by atoms with Gasteiger partial charge in [-0.2, -0.15) is 0 Å². The topological polar surface area (TPSA) is 15.6 Å². The lowest BCUT2D eigenvalue weighted by Crippen LogP contribution is -2.63. The molecular formula is C19H22N2Si. The lowest BCUT2D eigenvalue weighted by Gasteiger charge is -2.32. The van der Waals surface area contributed by atoms with Gasteiger partial charge in [-0.3, -0.25) is 0 Å². The molecule has 0 saturated heterocycles. The number of hydrogen-bond acceptors (Lipinski definition) is 2. The fraction of sp³-hybridized carbons (Fsp3) is 0.211. The molecule has 1 aliphatic heterocycles. The van der Waals surface area contributed by atoms with Crippen LogP contribution in [0, 0.1) is 0 Å². The van der Waals surface area contributed by atoms with Gasteiger partial charge in [0.2, 0.25) is 0 Å². The third-order valence-electron chi connectivity index (χ3n) is 4.54. The smallest absolute Gasteiger partial charge is 0.124 e. The summed E-state index contributed by atoms with van der Waals surface area (Å²) in [5.74, 6) is 0. The highest BCUT2D eigenvalue weighted by molar-refractivity contribution is 7.02. The van der Waals surface area contributed by atoms with Crippen molar-refractivity contribution in [2.45, 2.75) is 12.6 Å². The Kier molecular flexibility index (Phi) is 3.53. The van der Waals surface area contributed by atoms with Crippen molar-refractivity contribution < 1.29 is 0 Å². The lowest BCUT2D eigenvalue weighted by atomic mass is 10.2. The van der Waals surface area contributed by atoms with Crippen molar-refractivity contribution in [3.8, 4) is 0 Å². The van der Waals surface area contributed by atoms with E-state index in [1.54, 1.807) is 0 Å². The van der Waals surface area contributed by atoms with E-state index in [2.05, 4.69) is 75.1 Å². The van der Waals surface area contributed by atoms with E-state index in [0.29, 0.717) is 0 Å². The Morgan fingerprint density at radius 3 is 2.59 bits per heavy atom. The molecule has 0 fully saturated rings.